The Balaban J connectivity index is 1.70. The molecule has 8 nitrogen and oxygen atoms in total. The van der Waals surface area contributed by atoms with Crippen LogP contribution in [0.4, 0.5) is 0 Å². The predicted molar refractivity (Wildman–Crippen MR) is 98.3 cm³/mol. The number of carboxylic acids is 1. The van der Waals surface area contributed by atoms with Crippen LogP contribution in [0.15, 0.2) is 11.0 Å². The molecule has 0 saturated carbocycles. The molecule has 1 aliphatic rings. The maximum absolute atomic E-state index is 12.5. The summed E-state index contributed by atoms with van der Waals surface area (Å²) in [6.07, 6.45) is 7.07. The van der Waals surface area contributed by atoms with Crippen molar-refractivity contribution in [1.82, 2.24) is 25.0 Å². The summed E-state index contributed by atoms with van der Waals surface area (Å²) >= 11 is 7.84. The van der Waals surface area contributed by atoms with Gasteiger partial charge in [-0.2, -0.15) is 0 Å². The van der Waals surface area contributed by atoms with Crippen LogP contribution in [0.25, 0.3) is 21.3 Å². The van der Waals surface area contributed by atoms with Crippen molar-refractivity contribution in [2.75, 3.05) is 0 Å². The first kappa shape index (κ1) is 16.9. The molecule has 0 spiro atoms. The van der Waals surface area contributed by atoms with Gasteiger partial charge >= 0.3 is 5.97 Å². The van der Waals surface area contributed by atoms with Crippen LogP contribution in [0.2, 0.25) is 0 Å². The third-order valence-corrected chi connectivity index (χ3v) is 5.65. The first-order valence-electron chi connectivity index (χ1n) is 8.05. The minimum absolute atomic E-state index is 0.189. The van der Waals surface area contributed by atoms with E-state index in [1.807, 2.05) is 0 Å². The van der Waals surface area contributed by atoms with Gasteiger partial charge in [0.05, 0.1) is 16.6 Å². The van der Waals surface area contributed by atoms with E-state index < -0.39 is 5.97 Å². The molecule has 0 fully saturated rings. The van der Waals surface area contributed by atoms with E-state index in [2.05, 4.69) is 20.3 Å². The van der Waals surface area contributed by atoms with Gasteiger partial charge in [-0.25, -0.2) is 9.67 Å². The average molecular weight is 392 g/mol. The van der Waals surface area contributed by atoms with E-state index in [1.165, 1.54) is 21.8 Å². The van der Waals surface area contributed by atoms with E-state index in [9.17, 15) is 9.59 Å². The lowest BCUT2D eigenvalue weighted by Crippen LogP contribution is -2.12. The molecule has 0 saturated heterocycles. The van der Waals surface area contributed by atoms with E-state index in [4.69, 9.17) is 16.7 Å². The molecule has 3 aromatic rings. The normalized spacial score (nSPS) is 14.6. The van der Waals surface area contributed by atoms with Crippen molar-refractivity contribution < 1.29 is 9.90 Å². The average Bonchev–Trinajstić information content (AvgIpc) is 3.18. The lowest BCUT2D eigenvalue weighted by atomic mass is 9.97. The third-order valence-electron chi connectivity index (χ3n) is 4.18. The van der Waals surface area contributed by atoms with Crippen molar-refractivity contribution in [3.8, 4) is 0 Å². The molecule has 2 N–H and O–H groups in total. The SMILES string of the molecule is O=C(O)Cn1cc(/C=C(\Cl)c2nc3sc4c(c3c(=O)[nH]2)CCCC4)nn1. The number of carboxylic acid groups (broad SMARTS) is 1. The number of rotatable bonds is 4. The van der Waals surface area contributed by atoms with Gasteiger partial charge in [-0.15, -0.1) is 16.4 Å². The number of aromatic amines is 1. The number of hydrogen-bond acceptors (Lipinski definition) is 6. The molecule has 134 valence electrons. The Kier molecular flexibility index (Phi) is 4.33. The summed E-state index contributed by atoms with van der Waals surface area (Å²) < 4.78 is 1.19. The smallest absolute Gasteiger partial charge is 0.325 e. The maximum Gasteiger partial charge on any atom is 0.325 e. The Labute approximate surface area is 156 Å². The fourth-order valence-corrected chi connectivity index (χ4v) is 4.53. The van der Waals surface area contributed by atoms with Crippen molar-refractivity contribution in [3.63, 3.8) is 0 Å². The topological polar surface area (TPSA) is 114 Å². The standard InChI is InChI=1S/C16H14ClN5O3S/c17-10(5-8-6-22(21-20-8)7-12(23)24)14-18-15(25)13-9-3-1-2-4-11(9)26-16(13)19-14/h5-6H,1-4,7H2,(H,23,24)(H,18,19,25)/b10-5-. The summed E-state index contributed by atoms with van der Waals surface area (Å²) in [7, 11) is 0. The lowest BCUT2D eigenvalue weighted by Gasteiger charge is -2.09. The monoisotopic (exact) mass is 391 g/mol. The van der Waals surface area contributed by atoms with Crippen molar-refractivity contribution >= 4 is 50.2 Å². The zero-order chi connectivity index (χ0) is 18.3. The molecule has 0 bridgehead atoms. The van der Waals surface area contributed by atoms with E-state index in [0.29, 0.717) is 15.9 Å². The number of halogens is 1. The Hall–Kier alpha value is -2.52. The van der Waals surface area contributed by atoms with E-state index in [0.717, 1.165) is 31.2 Å². The lowest BCUT2D eigenvalue weighted by molar-refractivity contribution is -0.137. The van der Waals surface area contributed by atoms with Gasteiger partial charge in [0, 0.05) is 4.88 Å². The number of aryl methyl sites for hydroxylation is 2. The number of H-pyrrole nitrogens is 1. The van der Waals surface area contributed by atoms with Gasteiger partial charge in [0.1, 0.15) is 17.1 Å². The molecule has 0 aromatic carbocycles. The predicted octanol–water partition coefficient (Wildman–Crippen LogP) is 2.28. The van der Waals surface area contributed by atoms with Gasteiger partial charge in [0.2, 0.25) is 0 Å². The van der Waals surface area contributed by atoms with Gasteiger partial charge in [-0.05, 0) is 37.3 Å². The highest BCUT2D eigenvalue weighted by Crippen LogP contribution is 2.34. The van der Waals surface area contributed by atoms with Gasteiger partial charge < -0.3 is 10.1 Å². The summed E-state index contributed by atoms with van der Waals surface area (Å²) in [4.78, 5) is 32.4. The highest BCUT2D eigenvalue weighted by molar-refractivity contribution is 7.18. The van der Waals surface area contributed by atoms with Crippen LogP contribution in [-0.2, 0) is 24.2 Å². The van der Waals surface area contributed by atoms with Crippen molar-refractivity contribution in [1.29, 1.82) is 0 Å². The Morgan fingerprint density at radius 2 is 2.23 bits per heavy atom. The van der Waals surface area contributed by atoms with Crippen molar-refractivity contribution in [2.24, 2.45) is 0 Å². The van der Waals surface area contributed by atoms with Gasteiger partial charge in [-0.3, -0.25) is 9.59 Å². The van der Waals surface area contributed by atoms with Crippen LogP contribution >= 0.6 is 22.9 Å². The highest BCUT2D eigenvalue weighted by Gasteiger charge is 2.20. The molecule has 26 heavy (non-hydrogen) atoms. The summed E-state index contributed by atoms with van der Waals surface area (Å²) in [5.74, 6) is -0.759. The van der Waals surface area contributed by atoms with E-state index in [-0.39, 0.29) is 23.0 Å². The second-order valence-electron chi connectivity index (χ2n) is 6.03. The largest absolute Gasteiger partial charge is 0.480 e. The third kappa shape index (κ3) is 3.15. The van der Waals surface area contributed by atoms with Gasteiger partial charge in [0.15, 0.2) is 5.82 Å². The van der Waals surface area contributed by atoms with Crippen LogP contribution in [0.5, 0.6) is 0 Å². The molecule has 0 amide bonds. The van der Waals surface area contributed by atoms with Crippen LogP contribution in [0.3, 0.4) is 0 Å². The zero-order valence-electron chi connectivity index (χ0n) is 13.5. The summed E-state index contributed by atoms with van der Waals surface area (Å²) in [6, 6.07) is 0. The summed E-state index contributed by atoms with van der Waals surface area (Å²) in [5, 5.41) is 17.2. The molecule has 0 radical (unpaired) electrons. The first-order chi connectivity index (χ1) is 12.5. The number of nitrogens with one attached hydrogen (secondary N) is 1. The molecule has 10 heteroatoms. The molecule has 4 rings (SSSR count). The minimum Gasteiger partial charge on any atom is -0.480 e. The van der Waals surface area contributed by atoms with Gasteiger partial charge in [-0.1, -0.05) is 16.8 Å². The minimum atomic E-state index is -1.02. The van der Waals surface area contributed by atoms with Crippen LogP contribution in [0, 0.1) is 0 Å². The summed E-state index contributed by atoms with van der Waals surface area (Å²) in [5.41, 5.74) is 1.31. The highest BCUT2D eigenvalue weighted by atomic mass is 35.5. The quantitative estimate of drug-likeness (QED) is 0.705. The molecule has 3 aromatic heterocycles. The number of thiophene rings is 1. The van der Waals surface area contributed by atoms with E-state index >= 15 is 0 Å². The molecule has 3 heterocycles. The number of hydrogen-bond donors (Lipinski definition) is 2. The molecular formula is C16H14ClN5O3S. The van der Waals surface area contributed by atoms with Gasteiger partial charge in [0.25, 0.3) is 5.56 Å². The van der Waals surface area contributed by atoms with Crippen molar-refractivity contribution in [2.45, 2.75) is 32.2 Å². The number of nitrogens with zero attached hydrogens (tertiary/aromatic N) is 4. The number of fused-ring (bicyclic) bond motifs is 3. The Morgan fingerprint density at radius 1 is 1.42 bits per heavy atom. The zero-order valence-corrected chi connectivity index (χ0v) is 15.1. The molecule has 0 atom stereocenters. The number of carbonyl (C=O) groups is 1. The molecular weight excluding hydrogens is 378 g/mol. The van der Waals surface area contributed by atoms with Crippen LogP contribution in [-0.4, -0.2) is 36.0 Å². The first-order valence-corrected chi connectivity index (χ1v) is 9.25. The number of aliphatic carboxylic acids is 1. The maximum atomic E-state index is 12.5. The summed E-state index contributed by atoms with van der Waals surface area (Å²) in [6.45, 7) is -0.291. The van der Waals surface area contributed by atoms with E-state index in [1.54, 1.807) is 11.3 Å². The molecule has 1 aliphatic carbocycles. The van der Waals surface area contributed by atoms with Crippen LogP contribution in [0.1, 0.15) is 34.8 Å². The molecule has 0 aliphatic heterocycles. The number of aromatic nitrogens is 5. The fraction of sp³-hybridized carbons (Fsp3) is 0.312. The second kappa shape index (κ2) is 6.65. The van der Waals surface area contributed by atoms with Crippen molar-refractivity contribution in [3.05, 3.63) is 38.5 Å². The Bertz CT molecular complexity index is 1100. The fourth-order valence-electron chi connectivity index (χ4n) is 3.07. The molecule has 0 unspecified atom stereocenters. The Morgan fingerprint density at radius 3 is 3.04 bits per heavy atom. The van der Waals surface area contributed by atoms with Crippen LogP contribution < -0.4 is 5.56 Å². The second-order valence-corrected chi connectivity index (χ2v) is 7.52.